The third kappa shape index (κ3) is 5.48. The Morgan fingerprint density at radius 3 is 2.91 bits per heavy atom. The van der Waals surface area contributed by atoms with Gasteiger partial charge in [-0.05, 0) is 19.4 Å². The molecule has 15 heteroatoms. The Labute approximate surface area is 181 Å². The van der Waals surface area contributed by atoms with Crippen molar-refractivity contribution >= 4 is 24.9 Å². The summed E-state index contributed by atoms with van der Waals surface area (Å²) in [6.07, 6.45) is -2.67. The van der Waals surface area contributed by atoms with Gasteiger partial charge >= 0.3 is 7.82 Å². The molecule has 5 N–H and O–H groups in total. The molecule has 0 aliphatic carbocycles. The number of aryl methyl sites for hydroxylation is 1. The highest BCUT2D eigenvalue weighted by Crippen LogP contribution is 2.44. The van der Waals surface area contributed by atoms with Crippen molar-refractivity contribution in [2.75, 3.05) is 19.8 Å². The van der Waals surface area contributed by atoms with Crippen LogP contribution < -0.4 is 10.9 Å². The maximum absolute atomic E-state index is 12.0. The fraction of sp³-hybridized carbons (Fsp3) is 0.529. The van der Waals surface area contributed by atoms with Crippen LogP contribution in [0.1, 0.15) is 18.5 Å². The zero-order chi connectivity index (χ0) is 23.5. The first-order chi connectivity index (χ1) is 15.1. The van der Waals surface area contributed by atoms with Gasteiger partial charge in [0.05, 0.1) is 19.5 Å². The number of aliphatic hydroxyl groups is 2. The van der Waals surface area contributed by atoms with E-state index in [1.165, 1.54) is 10.9 Å². The van der Waals surface area contributed by atoms with E-state index in [1.54, 1.807) is 6.92 Å². The van der Waals surface area contributed by atoms with Gasteiger partial charge in [0.2, 0.25) is 5.91 Å². The van der Waals surface area contributed by atoms with Crippen LogP contribution in [-0.4, -0.2) is 78.6 Å². The summed E-state index contributed by atoms with van der Waals surface area (Å²) in [5.74, 6) is -0.0610. The smallest absolute Gasteiger partial charge is 0.387 e. The number of nitrogens with zero attached hydrogens (tertiary/aromatic N) is 3. The van der Waals surface area contributed by atoms with E-state index in [4.69, 9.17) is 13.8 Å². The van der Waals surface area contributed by atoms with Crippen LogP contribution in [0, 0.1) is 6.92 Å². The van der Waals surface area contributed by atoms with E-state index in [-0.39, 0.29) is 36.6 Å². The normalized spacial score (nSPS) is 25.0. The molecule has 176 valence electrons. The van der Waals surface area contributed by atoms with Crippen molar-refractivity contribution in [1.82, 2.24) is 24.8 Å². The van der Waals surface area contributed by atoms with Crippen LogP contribution in [0.25, 0.3) is 11.2 Å². The molecule has 1 amide bonds. The number of ether oxygens (including phenoxy) is 1. The first kappa shape index (κ1) is 24.2. The first-order valence-corrected chi connectivity index (χ1v) is 11.1. The van der Waals surface area contributed by atoms with Gasteiger partial charge in [0.1, 0.15) is 24.1 Å². The molecule has 1 unspecified atom stereocenters. The molecule has 0 aromatic carbocycles. The van der Waals surface area contributed by atoms with Gasteiger partial charge in [-0.25, -0.2) is 14.5 Å². The average molecular weight is 473 g/mol. The number of carbonyl (C=O) groups is 1. The predicted octanol–water partition coefficient (Wildman–Crippen LogP) is -1.13. The molecular weight excluding hydrogens is 449 g/mol. The summed E-state index contributed by atoms with van der Waals surface area (Å²) in [4.78, 5) is 43.4. The number of imidazole rings is 1. The molecule has 0 radical (unpaired) electrons. The van der Waals surface area contributed by atoms with Gasteiger partial charge in [-0.15, -0.1) is 0 Å². The van der Waals surface area contributed by atoms with Crippen LogP contribution >= 0.6 is 7.82 Å². The highest BCUT2D eigenvalue weighted by atomic mass is 31.2. The van der Waals surface area contributed by atoms with Crippen LogP contribution in [0.15, 0.2) is 23.8 Å². The van der Waals surface area contributed by atoms with E-state index in [1.807, 2.05) is 0 Å². The number of hydrogen-bond acceptors (Lipinski definition) is 10. The lowest BCUT2D eigenvalue weighted by molar-refractivity contribution is -0.116. The van der Waals surface area contributed by atoms with Crippen molar-refractivity contribution in [1.29, 1.82) is 0 Å². The number of aliphatic hydroxyl groups excluding tert-OH is 2. The summed E-state index contributed by atoms with van der Waals surface area (Å²) in [7, 11) is -4.48. The molecule has 0 bridgehead atoms. The number of aromatic nitrogens is 4. The summed E-state index contributed by atoms with van der Waals surface area (Å²) >= 11 is 0. The average Bonchev–Trinajstić information content (AvgIpc) is 3.27. The highest BCUT2D eigenvalue weighted by Gasteiger charge is 2.45. The van der Waals surface area contributed by atoms with E-state index in [2.05, 4.69) is 26.8 Å². The Kier molecular flexibility index (Phi) is 7.56. The minimum atomic E-state index is -4.48. The quantitative estimate of drug-likeness (QED) is 0.159. The third-order valence-corrected chi connectivity index (χ3v) is 5.61. The molecule has 1 aliphatic heterocycles. The molecular formula is C17H24N5O9P. The maximum atomic E-state index is 12.0. The fourth-order valence-corrected chi connectivity index (χ4v) is 3.83. The molecule has 0 saturated carbocycles. The lowest BCUT2D eigenvalue weighted by atomic mass is 10.1. The van der Waals surface area contributed by atoms with Crippen molar-refractivity contribution < 1.29 is 38.3 Å². The van der Waals surface area contributed by atoms with Crippen LogP contribution in [0.5, 0.6) is 0 Å². The zero-order valence-electron chi connectivity index (χ0n) is 17.1. The van der Waals surface area contributed by atoms with Crippen LogP contribution in [0.2, 0.25) is 0 Å². The Hall–Kier alpha value is -2.45. The van der Waals surface area contributed by atoms with E-state index in [9.17, 15) is 29.3 Å². The zero-order valence-corrected chi connectivity index (χ0v) is 18.0. The Morgan fingerprint density at radius 1 is 1.44 bits per heavy atom. The van der Waals surface area contributed by atoms with Crippen molar-refractivity contribution in [2.45, 2.75) is 37.9 Å². The second-order valence-electron chi connectivity index (χ2n) is 6.97. The number of carbonyl (C=O) groups excluding carboxylic acids is 1. The number of amides is 1. The molecule has 1 fully saturated rings. The maximum Gasteiger partial charge on any atom is 0.472 e. The molecule has 3 heterocycles. The van der Waals surface area contributed by atoms with Crippen molar-refractivity contribution in [3.05, 3.63) is 35.2 Å². The Morgan fingerprint density at radius 2 is 2.19 bits per heavy atom. The Balaban J connectivity index is 1.58. The molecule has 0 spiro atoms. The first-order valence-electron chi connectivity index (χ1n) is 9.60. The molecule has 2 aromatic heterocycles. The summed E-state index contributed by atoms with van der Waals surface area (Å²) < 4.78 is 28.6. The van der Waals surface area contributed by atoms with Gasteiger partial charge in [0.15, 0.2) is 17.4 Å². The van der Waals surface area contributed by atoms with Gasteiger partial charge < -0.3 is 30.1 Å². The standard InChI is InChI=1S/C17H24N5O9P/c1-3-11(23)18-5-4-6-29-32(27,28)30-7-10-13(24)14(25)17(31-10)22-8-19-12-15(22)20-9(2)21-16(12)26/h3,8,10,13-14,17,24-25H,1,4-7H2,2H3,(H,18,23)(H,27,28)(H,20,21,26)/t10-,13-,14-,17-/m1/s1. The van der Waals surface area contributed by atoms with E-state index in [0.29, 0.717) is 5.82 Å². The minimum Gasteiger partial charge on any atom is -0.387 e. The summed E-state index contributed by atoms with van der Waals surface area (Å²) in [5.41, 5.74) is -0.302. The minimum absolute atomic E-state index is 0.0260. The molecule has 3 rings (SSSR count). The number of fused-ring (bicyclic) bond motifs is 1. The van der Waals surface area contributed by atoms with Crippen molar-refractivity contribution in [3.63, 3.8) is 0 Å². The van der Waals surface area contributed by atoms with Gasteiger partial charge in [0, 0.05) is 6.54 Å². The number of H-pyrrole nitrogens is 1. The molecule has 1 aliphatic rings. The van der Waals surface area contributed by atoms with E-state index in [0.717, 1.165) is 6.08 Å². The topological polar surface area (TPSA) is 198 Å². The largest absolute Gasteiger partial charge is 0.472 e. The molecule has 5 atom stereocenters. The Bertz CT molecular complexity index is 1090. The molecule has 14 nitrogen and oxygen atoms in total. The lowest BCUT2D eigenvalue weighted by Crippen LogP contribution is -2.33. The van der Waals surface area contributed by atoms with Crippen LogP contribution in [-0.2, 0) is 23.1 Å². The number of phosphoric ester groups is 1. The van der Waals surface area contributed by atoms with Gasteiger partial charge in [0.25, 0.3) is 5.56 Å². The number of aromatic amines is 1. The van der Waals surface area contributed by atoms with Gasteiger partial charge in [-0.1, -0.05) is 6.58 Å². The molecule has 32 heavy (non-hydrogen) atoms. The van der Waals surface area contributed by atoms with Crippen molar-refractivity contribution in [3.8, 4) is 0 Å². The number of phosphoric acid groups is 1. The lowest BCUT2D eigenvalue weighted by Gasteiger charge is -2.17. The molecule has 2 aromatic rings. The number of rotatable bonds is 10. The summed E-state index contributed by atoms with van der Waals surface area (Å²) in [6.45, 7) is 4.34. The monoisotopic (exact) mass is 473 g/mol. The summed E-state index contributed by atoms with van der Waals surface area (Å²) in [6, 6.07) is 0. The van der Waals surface area contributed by atoms with E-state index < -0.39 is 44.5 Å². The molecule has 1 saturated heterocycles. The fourth-order valence-electron chi connectivity index (χ4n) is 3.06. The predicted molar refractivity (Wildman–Crippen MR) is 108 cm³/mol. The summed E-state index contributed by atoms with van der Waals surface area (Å²) in [5, 5.41) is 23.2. The van der Waals surface area contributed by atoms with Crippen LogP contribution in [0.4, 0.5) is 0 Å². The van der Waals surface area contributed by atoms with E-state index >= 15 is 0 Å². The number of hydrogen-bond donors (Lipinski definition) is 5. The number of nitrogens with one attached hydrogen (secondary N) is 2. The van der Waals surface area contributed by atoms with Crippen LogP contribution in [0.3, 0.4) is 0 Å². The van der Waals surface area contributed by atoms with Crippen molar-refractivity contribution in [2.24, 2.45) is 0 Å². The van der Waals surface area contributed by atoms with Gasteiger partial charge in [-0.3, -0.25) is 23.2 Å². The third-order valence-electron chi connectivity index (χ3n) is 4.62. The second kappa shape index (κ2) is 10.0. The van der Waals surface area contributed by atoms with Gasteiger partial charge in [-0.2, -0.15) is 0 Å². The highest BCUT2D eigenvalue weighted by molar-refractivity contribution is 7.47. The SMILES string of the molecule is C=CC(=O)NCCCOP(=O)(O)OC[C@H]1O[C@@H](n2cnc3c(=O)[nH]c(C)nc32)[C@H](O)[C@@H]1O. The second-order valence-corrected chi connectivity index (χ2v) is 8.42.